The van der Waals surface area contributed by atoms with Crippen LogP contribution in [0.3, 0.4) is 0 Å². The molecule has 1 rings (SSSR count). The Morgan fingerprint density at radius 2 is 1.90 bits per heavy atom. The standard InChI is InChI=1S/C14H25N3O4/c1-3-14(2)6-8-17(9-7-14)13(21)16-10(12(19)20)4-5-11(15)18/h10H,3-9H2,1-2H3,(H2,15,18)(H,16,21)(H,19,20)/t10-/m0/s1. The fourth-order valence-electron chi connectivity index (χ4n) is 2.39. The van der Waals surface area contributed by atoms with Gasteiger partial charge in [0, 0.05) is 19.5 Å². The first-order chi connectivity index (χ1) is 9.77. The molecule has 21 heavy (non-hydrogen) atoms. The molecule has 0 aromatic carbocycles. The van der Waals surface area contributed by atoms with Gasteiger partial charge in [0.05, 0.1) is 0 Å². The first kappa shape index (κ1) is 17.3. The van der Waals surface area contributed by atoms with Crippen molar-refractivity contribution in [2.45, 2.75) is 52.0 Å². The van der Waals surface area contributed by atoms with Crippen molar-refractivity contribution < 1.29 is 19.5 Å². The van der Waals surface area contributed by atoms with Gasteiger partial charge in [-0.15, -0.1) is 0 Å². The Kier molecular flexibility index (Phi) is 5.99. The van der Waals surface area contributed by atoms with Gasteiger partial charge in [0.2, 0.25) is 5.91 Å². The summed E-state index contributed by atoms with van der Waals surface area (Å²) < 4.78 is 0. The Balaban J connectivity index is 2.51. The normalized spacial score (nSPS) is 18.9. The van der Waals surface area contributed by atoms with Crippen LogP contribution in [-0.4, -0.2) is 47.0 Å². The van der Waals surface area contributed by atoms with E-state index in [0.29, 0.717) is 13.1 Å². The molecule has 0 spiro atoms. The highest BCUT2D eigenvalue weighted by Crippen LogP contribution is 2.33. The number of rotatable bonds is 6. The number of carbonyl (C=O) groups is 3. The molecular formula is C14H25N3O4. The van der Waals surface area contributed by atoms with Crippen molar-refractivity contribution >= 4 is 17.9 Å². The van der Waals surface area contributed by atoms with Crippen LogP contribution in [0.15, 0.2) is 0 Å². The van der Waals surface area contributed by atoms with E-state index < -0.39 is 17.9 Å². The average Bonchev–Trinajstić information content (AvgIpc) is 2.43. The SMILES string of the molecule is CCC1(C)CCN(C(=O)N[C@@H](CCC(N)=O)C(=O)O)CC1. The van der Waals surface area contributed by atoms with Gasteiger partial charge < -0.3 is 21.1 Å². The smallest absolute Gasteiger partial charge is 0.326 e. The summed E-state index contributed by atoms with van der Waals surface area (Å²) in [5.74, 6) is -1.73. The number of nitrogens with two attached hydrogens (primary N) is 1. The Labute approximate surface area is 124 Å². The van der Waals surface area contributed by atoms with Gasteiger partial charge in [0.25, 0.3) is 0 Å². The highest BCUT2D eigenvalue weighted by atomic mass is 16.4. The lowest BCUT2D eigenvalue weighted by Gasteiger charge is -2.39. The Hall–Kier alpha value is -1.79. The van der Waals surface area contributed by atoms with Crippen molar-refractivity contribution in [1.29, 1.82) is 0 Å². The van der Waals surface area contributed by atoms with Crippen LogP contribution in [0.25, 0.3) is 0 Å². The lowest BCUT2D eigenvalue weighted by molar-refractivity contribution is -0.139. The number of hydrogen-bond donors (Lipinski definition) is 3. The largest absolute Gasteiger partial charge is 0.480 e. The maximum absolute atomic E-state index is 12.1. The summed E-state index contributed by atoms with van der Waals surface area (Å²) in [4.78, 5) is 35.5. The summed E-state index contributed by atoms with van der Waals surface area (Å²) in [6.07, 6.45) is 2.84. The summed E-state index contributed by atoms with van der Waals surface area (Å²) in [6.45, 7) is 5.59. The minimum Gasteiger partial charge on any atom is -0.480 e. The Bertz CT molecular complexity index is 403. The molecule has 1 heterocycles. The van der Waals surface area contributed by atoms with Gasteiger partial charge in [0.15, 0.2) is 0 Å². The number of nitrogens with zero attached hydrogens (tertiary/aromatic N) is 1. The van der Waals surface area contributed by atoms with E-state index in [4.69, 9.17) is 10.8 Å². The zero-order valence-corrected chi connectivity index (χ0v) is 12.7. The van der Waals surface area contributed by atoms with Crippen molar-refractivity contribution in [3.63, 3.8) is 0 Å². The van der Waals surface area contributed by atoms with Crippen LogP contribution in [0, 0.1) is 5.41 Å². The average molecular weight is 299 g/mol. The van der Waals surface area contributed by atoms with Crippen LogP contribution in [0.5, 0.6) is 0 Å². The second kappa shape index (κ2) is 7.28. The molecule has 0 aromatic heterocycles. The second-order valence-corrected chi connectivity index (χ2v) is 6.00. The maximum Gasteiger partial charge on any atom is 0.326 e. The lowest BCUT2D eigenvalue weighted by Crippen LogP contribution is -2.51. The van der Waals surface area contributed by atoms with Crippen molar-refractivity contribution in [1.82, 2.24) is 10.2 Å². The van der Waals surface area contributed by atoms with Crippen LogP contribution in [-0.2, 0) is 9.59 Å². The monoisotopic (exact) mass is 299 g/mol. The van der Waals surface area contributed by atoms with E-state index in [1.165, 1.54) is 0 Å². The zero-order chi connectivity index (χ0) is 16.0. The highest BCUT2D eigenvalue weighted by Gasteiger charge is 2.31. The fraction of sp³-hybridized carbons (Fsp3) is 0.786. The molecule has 0 unspecified atom stereocenters. The van der Waals surface area contributed by atoms with E-state index in [9.17, 15) is 14.4 Å². The minimum atomic E-state index is -1.15. The first-order valence-electron chi connectivity index (χ1n) is 7.34. The topological polar surface area (TPSA) is 113 Å². The number of aliphatic carboxylic acids is 1. The van der Waals surface area contributed by atoms with Crippen molar-refractivity contribution in [2.75, 3.05) is 13.1 Å². The van der Waals surface area contributed by atoms with Gasteiger partial charge in [-0.25, -0.2) is 9.59 Å². The molecule has 1 aliphatic rings. The van der Waals surface area contributed by atoms with Crippen molar-refractivity contribution in [2.24, 2.45) is 11.1 Å². The maximum atomic E-state index is 12.1. The predicted molar refractivity (Wildman–Crippen MR) is 77.6 cm³/mol. The third-order valence-electron chi connectivity index (χ3n) is 4.39. The summed E-state index contributed by atoms with van der Waals surface area (Å²) in [5.41, 5.74) is 5.26. The number of urea groups is 1. The van der Waals surface area contributed by atoms with E-state index in [1.807, 2.05) is 0 Å². The summed E-state index contributed by atoms with van der Waals surface area (Å²) in [5, 5.41) is 11.5. The zero-order valence-electron chi connectivity index (χ0n) is 12.7. The number of hydrogen-bond acceptors (Lipinski definition) is 3. The van der Waals surface area contributed by atoms with Gasteiger partial charge in [-0.1, -0.05) is 20.3 Å². The summed E-state index contributed by atoms with van der Waals surface area (Å²) >= 11 is 0. The summed E-state index contributed by atoms with van der Waals surface area (Å²) in [6, 6.07) is -1.46. The number of likely N-dealkylation sites (tertiary alicyclic amines) is 1. The van der Waals surface area contributed by atoms with Crippen molar-refractivity contribution in [3.8, 4) is 0 Å². The number of carbonyl (C=O) groups excluding carboxylic acids is 2. The van der Waals surface area contributed by atoms with Crippen LogP contribution in [0.2, 0.25) is 0 Å². The molecule has 0 aliphatic carbocycles. The molecule has 7 nitrogen and oxygen atoms in total. The number of carboxylic acids is 1. The van der Waals surface area contributed by atoms with Crippen LogP contribution >= 0.6 is 0 Å². The van der Waals surface area contributed by atoms with E-state index >= 15 is 0 Å². The minimum absolute atomic E-state index is 0.0108. The Morgan fingerprint density at radius 3 is 2.33 bits per heavy atom. The predicted octanol–water partition coefficient (Wildman–Crippen LogP) is 0.927. The van der Waals surface area contributed by atoms with Gasteiger partial charge >= 0.3 is 12.0 Å². The molecular weight excluding hydrogens is 274 g/mol. The van der Waals surface area contributed by atoms with Crippen molar-refractivity contribution in [3.05, 3.63) is 0 Å². The number of amides is 3. The van der Waals surface area contributed by atoms with E-state index in [1.54, 1.807) is 4.90 Å². The molecule has 3 amide bonds. The quantitative estimate of drug-likeness (QED) is 0.677. The van der Waals surface area contributed by atoms with E-state index in [-0.39, 0.29) is 24.3 Å². The van der Waals surface area contributed by atoms with E-state index in [2.05, 4.69) is 19.2 Å². The van der Waals surface area contributed by atoms with Crippen LogP contribution < -0.4 is 11.1 Å². The molecule has 7 heteroatoms. The molecule has 120 valence electrons. The molecule has 0 bridgehead atoms. The third kappa shape index (κ3) is 5.24. The molecule has 1 atom stereocenters. The van der Waals surface area contributed by atoms with Gasteiger partial charge in [-0.2, -0.15) is 0 Å². The number of nitrogens with one attached hydrogen (secondary N) is 1. The van der Waals surface area contributed by atoms with Crippen LogP contribution in [0.1, 0.15) is 46.0 Å². The third-order valence-corrected chi connectivity index (χ3v) is 4.39. The molecule has 0 aromatic rings. The number of carboxylic acid groups (broad SMARTS) is 1. The lowest BCUT2D eigenvalue weighted by atomic mass is 9.78. The number of piperidine rings is 1. The fourth-order valence-corrected chi connectivity index (χ4v) is 2.39. The van der Waals surface area contributed by atoms with Gasteiger partial charge in [-0.05, 0) is 24.7 Å². The second-order valence-electron chi connectivity index (χ2n) is 6.00. The van der Waals surface area contributed by atoms with Gasteiger partial charge in [-0.3, -0.25) is 4.79 Å². The number of primary amides is 1. The molecule has 1 fully saturated rings. The molecule has 1 aliphatic heterocycles. The van der Waals surface area contributed by atoms with E-state index in [0.717, 1.165) is 19.3 Å². The summed E-state index contributed by atoms with van der Waals surface area (Å²) in [7, 11) is 0. The van der Waals surface area contributed by atoms with Gasteiger partial charge in [0.1, 0.15) is 6.04 Å². The first-order valence-corrected chi connectivity index (χ1v) is 7.34. The molecule has 4 N–H and O–H groups in total. The molecule has 1 saturated heterocycles. The molecule has 0 saturated carbocycles. The van der Waals surface area contributed by atoms with Crippen LogP contribution in [0.4, 0.5) is 4.79 Å². The highest BCUT2D eigenvalue weighted by molar-refractivity contribution is 5.83. The Morgan fingerprint density at radius 1 is 1.33 bits per heavy atom. The molecule has 0 radical (unpaired) electrons.